The SMILES string of the molecule is O=C(NC1=NC(c2ccccc2)CCC1)Nc1ccc(Cl)cc1. The zero-order chi connectivity index (χ0) is 16.1. The van der Waals surface area contributed by atoms with Crippen molar-refractivity contribution in [2.75, 3.05) is 5.32 Å². The van der Waals surface area contributed by atoms with Crippen LogP contribution in [0.15, 0.2) is 59.6 Å². The van der Waals surface area contributed by atoms with Gasteiger partial charge in [-0.05, 0) is 42.7 Å². The zero-order valence-electron chi connectivity index (χ0n) is 12.6. The van der Waals surface area contributed by atoms with Crippen LogP contribution in [0.4, 0.5) is 10.5 Å². The van der Waals surface area contributed by atoms with Crippen molar-refractivity contribution in [2.24, 2.45) is 4.99 Å². The lowest BCUT2D eigenvalue weighted by atomic mass is 9.99. The Balaban J connectivity index is 1.63. The number of nitrogens with zero attached hydrogens (tertiary/aromatic N) is 1. The van der Waals surface area contributed by atoms with Gasteiger partial charge in [0.25, 0.3) is 0 Å². The molecule has 118 valence electrons. The average molecular weight is 328 g/mol. The third-order valence-corrected chi connectivity index (χ3v) is 4.00. The van der Waals surface area contributed by atoms with Gasteiger partial charge in [0.2, 0.25) is 0 Å². The number of amides is 2. The molecule has 23 heavy (non-hydrogen) atoms. The molecule has 3 rings (SSSR count). The highest BCUT2D eigenvalue weighted by Crippen LogP contribution is 2.27. The normalized spacial score (nSPS) is 17.3. The van der Waals surface area contributed by atoms with Crippen molar-refractivity contribution in [3.05, 3.63) is 65.2 Å². The Hall–Kier alpha value is -2.33. The number of amidine groups is 1. The highest BCUT2D eigenvalue weighted by atomic mass is 35.5. The molecule has 2 N–H and O–H groups in total. The molecular weight excluding hydrogens is 310 g/mol. The van der Waals surface area contributed by atoms with Gasteiger partial charge in [-0.3, -0.25) is 10.3 Å². The lowest BCUT2D eigenvalue weighted by Crippen LogP contribution is -2.35. The highest BCUT2D eigenvalue weighted by Gasteiger charge is 2.18. The van der Waals surface area contributed by atoms with Crippen LogP contribution in [-0.4, -0.2) is 11.9 Å². The van der Waals surface area contributed by atoms with Gasteiger partial charge in [0.15, 0.2) is 0 Å². The van der Waals surface area contributed by atoms with Gasteiger partial charge >= 0.3 is 6.03 Å². The molecule has 1 aliphatic heterocycles. The summed E-state index contributed by atoms with van der Waals surface area (Å²) in [4.78, 5) is 16.7. The Labute approximate surface area is 140 Å². The van der Waals surface area contributed by atoms with Gasteiger partial charge in [-0.25, -0.2) is 4.79 Å². The first-order valence-corrected chi connectivity index (χ1v) is 8.04. The molecule has 1 atom stereocenters. The maximum absolute atomic E-state index is 12.1. The van der Waals surface area contributed by atoms with Gasteiger partial charge in [-0.1, -0.05) is 41.9 Å². The summed E-state index contributed by atoms with van der Waals surface area (Å²) in [5, 5.41) is 6.27. The largest absolute Gasteiger partial charge is 0.324 e. The number of urea groups is 1. The number of hydrogen-bond acceptors (Lipinski definition) is 2. The minimum atomic E-state index is -0.278. The van der Waals surface area contributed by atoms with E-state index in [-0.39, 0.29) is 12.1 Å². The highest BCUT2D eigenvalue weighted by molar-refractivity contribution is 6.30. The smallest absolute Gasteiger partial charge is 0.308 e. The molecule has 1 unspecified atom stereocenters. The molecule has 2 amide bonds. The van der Waals surface area contributed by atoms with Crippen molar-refractivity contribution in [3.63, 3.8) is 0 Å². The molecule has 0 radical (unpaired) electrons. The molecule has 2 aromatic carbocycles. The van der Waals surface area contributed by atoms with E-state index in [0.29, 0.717) is 10.7 Å². The minimum Gasteiger partial charge on any atom is -0.308 e. The number of anilines is 1. The van der Waals surface area contributed by atoms with Crippen LogP contribution in [0, 0.1) is 0 Å². The first-order chi connectivity index (χ1) is 11.2. The molecule has 1 aliphatic rings. The molecule has 0 bridgehead atoms. The molecule has 0 saturated carbocycles. The summed E-state index contributed by atoms with van der Waals surface area (Å²) in [6.07, 6.45) is 2.81. The fraction of sp³-hybridized carbons (Fsp3) is 0.222. The Kier molecular flexibility index (Phi) is 4.93. The van der Waals surface area contributed by atoms with Crippen molar-refractivity contribution >= 4 is 29.2 Å². The van der Waals surface area contributed by atoms with Gasteiger partial charge in [-0.2, -0.15) is 0 Å². The molecule has 2 aromatic rings. The first-order valence-electron chi connectivity index (χ1n) is 7.66. The zero-order valence-corrected chi connectivity index (χ0v) is 13.4. The number of carbonyl (C=O) groups excluding carboxylic acids is 1. The van der Waals surface area contributed by atoms with Gasteiger partial charge in [0.1, 0.15) is 5.84 Å². The maximum atomic E-state index is 12.1. The Bertz CT molecular complexity index is 698. The van der Waals surface area contributed by atoms with Crippen molar-refractivity contribution < 1.29 is 4.79 Å². The Morgan fingerprint density at radius 3 is 2.52 bits per heavy atom. The van der Waals surface area contributed by atoms with Crippen LogP contribution in [0.1, 0.15) is 30.9 Å². The first kappa shape index (κ1) is 15.6. The Morgan fingerprint density at radius 1 is 1.04 bits per heavy atom. The lowest BCUT2D eigenvalue weighted by molar-refractivity contribution is 0.256. The number of carbonyl (C=O) groups is 1. The number of benzene rings is 2. The van der Waals surface area contributed by atoms with E-state index in [1.807, 2.05) is 18.2 Å². The van der Waals surface area contributed by atoms with Crippen LogP contribution in [-0.2, 0) is 0 Å². The molecule has 0 aromatic heterocycles. The van der Waals surface area contributed by atoms with E-state index in [4.69, 9.17) is 11.6 Å². The molecule has 1 heterocycles. The Morgan fingerprint density at radius 2 is 1.78 bits per heavy atom. The van der Waals surface area contributed by atoms with Crippen molar-refractivity contribution in [1.82, 2.24) is 5.32 Å². The van der Waals surface area contributed by atoms with E-state index in [9.17, 15) is 4.79 Å². The molecule has 0 fully saturated rings. The maximum Gasteiger partial charge on any atom is 0.324 e. The fourth-order valence-electron chi connectivity index (χ4n) is 2.62. The van der Waals surface area contributed by atoms with Crippen LogP contribution in [0.3, 0.4) is 0 Å². The number of nitrogens with one attached hydrogen (secondary N) is 2. The van der Waals surface area contributed by atoms with Crippen molar-refractivity contribution in [3.8, 4) is 0 Å². The third kappa shape index (κ3) is 4.33. The second-order valence-corrected chi connectivity index (χ2v) is 5.92. The molecule has 0 aliphatic carbocycles. The number of rotatable bonds is 2. The second kappa shape index (κ2) is 7.29. The van der Waals surface area contributed by atoms with Crippen molar-refractivity contribution in [2.45, 2.75) is 25.3 Å². The molecule has 0 spiro atoms. The number of halogens is 1. The number of hydrogen-bond donors (Lipinski definition) is 2. The van der Waals surface area contributed by atoms with Gasteiger partial charge in [-0.15, -0.1) is 0 Å². The van der Waals surface area contributed by atoms with Crippen LogP contribution in [0.2, 0.25) is 5.02 Å². The summed E-state index contributed by atoms with van der Waals surface area (Å²) in [5.74, 6) is 0.733. The van der Waals surface area contributed by atoms with E-state index < -0.39 is 0 Å². The predicted molar refractivity (Wildman–Crippen MR) is 94.1 cm³/mol. The average Bonchev–Trinajstić information content (AvgIpc) is 2.58. The monoisotopic (exact) mass is 327 g/mol. The molecular formula is C18H18ClN3O. The lowest BCUT2D eigenvalue weighted by Gasteiger charge is -2.21. The van der Waals surface area contributed by atoms with Crippen LogP contribution in [0.25, 0.3) is 0 Å². The number of aliphatic imine (C=N–C) groups is 1. The summed E-state index contributed by atoms with van der Waals surface area (Å²) in [6.45, 7) is 0. The summed E-state index contributed by atoms with van der Waals surface area (Å²) in [5.41, 5.74) is 1.88. The van der Waals surface area contributed by atoms with Gasteiger partial charge < -0.3 is 5.32 Å². The third-order valence-electron chi connectivity index (χ3n) is 3.75. The van der Waals surface area contributed by atoms with Crippen LogP contribution >= 0.6 is 11.6 Å². The fourth-order valence-corrected chi connectivity index (χ4v) is 2.74. The summed E-state index contributed by atoms with van der Waals surface area (Å²) >= 11 is 5.83. The summed E-state index contributed by atoms with van der Waals surface area (Å²) in [6, 6.07) is 17.0. The van der Waals surface area contributed by atoms with Crippen LogP contribution < -0.4 is 10.6 Å². The van der Waals surface area contributed by atoms with E-state index in [0.717, 1.165) is 25.1 Å². The van der Waals surface area contributed by atoms with E-state index in [1.54, 1.807) is 24.3 Å². The quantitative estimate of drug-likeness (QED) is 0.819. The van der Waals surface area contributed by atoms with Gasteiger partial charge in [0, 0.05) is 17.1 Å². The molecule has 0 saturated heterocycles. The topological polar surface area (TPSA) is 53.5 Å². The molecule has 4 nitrogen and oxygen atoms in total. The van der Waals surface area contributed by atoms with Crippen LogP contribution in [0.5, 0.6) is 0 Å². The van der Waals surface area contributed by atoms with E-state index >= 15 is 0 Å². The van der Waals surface area contributed by atoms with E-state index in [1.165, 1.54) is 5.56 Å². The van der Waals surface area contributed by atoms with Crippen molar-refractivity contribution in [1.29, 1.82) is 0 Å². The molecule has 5 heteroatoms. The van der Waals surface area contributed by atoms with E-state index in [2.05, 4.69) is 27.8 Å². The second-order valence-electron chi connectivity index (χ2n) is 5.48. The summed E-state index contributed by atoms with van der Waals surface area (Å²) in [7, 11) is 0. The standard InChI is InChI=1S/C18H18ClN3O/c19-14-9-11-15(12-10-14)20-18(23)22-17-8-4-7-16(21-17)13-5-2-1-3-6-13/h1-3,5-6,9-12,16H,4,7-8H2,(H2,20,21,22,23). The summed E-state index contributed by atoms with van der Waals surface area (Å²) < 4.78 is 0. The predicted octanol–water partition coefficient (Wildman–Crippen LogP) is 4.79. The minimum absolute atomic E-state index is 0.121. The van der Waals surface area contributed by atoms with Gasteiger partial charge in [0.05, 0.1) is 6.04 Å².